The topological polar surface area (TPSA) is 105 Å². The van der Waals surface area contributed by atoms with Crippen molar-refractivity contribution < 1.29 is 4.52 Å². The fraction of sp³-hybridized carbons (Fsp3) is 0.385. The van der Waals surface area contributed by atoms with E-state index in [1.54, 1.807) is 29.9 Å². The molecule has 0 radical (unpaired) electrons. The molecule has 9 heteroatoms. The molecule has 0 fully saturated rings. The van der Waals surface area contributed by atoms with E-state index in [1.165, 1.54) is 4.68 Å². The molecule has 1 atom stereocenters. The zero-order chi connectivity index (χ0) is 15.1. The highest BCUT2D eigenvalue weighted by Crippen LogP contribution is 2.27. The van der Waals surface area contributed by atoms with Crippen molar-refractivity contribution in [1.29, 1.82) is 0 Å². The number of aromatic nitrogens is 7. The van der Waals surface area contributed by atoms with E-state index < -0.39 is 0 Å². The highest BCUT2D eigenvalue weighted by atomic mass is 16.5. The summed E-state index contributed by atoms with van der Waals surface area (Å²) in [6, 6.07) is 3.53. The van der Waals surface area contributed by atoms with Crippen molar-refractivity contribution in [3.05, 3.63) is 40.5 Å². The van der Waals surface area contributed by atoms with Crippen LogP contribution in [0.15, 0.2) is 27.6 Å². The highest BCUT2D eigenvalue weighted by Gasteiger charge is 2.28. The number of hydrogen-bond acceptors (Lipinski definition) is 7. The van der Waals surface area contributed by atoms with Gasteiger partial charge >= 0.3 is 5.69 Å². The van der Waals surface area contributed by atoms with E-state index in [4.69, 9.17) is 4.52 Å². The molecule has 0 amide bonds. The van der Waals surface area contributed by atoms with Gasteiger partial charge in [0.15, 0.2) is 0 Å². The van der Waals surface area contributed by atoms with Gasteiger partial charge in [0.1, 0.15) is 11.5 Å². The SMILES string of the molecule is Cn1nc2n(c1=O)C[C@H](c1nc(-c3cccnn3)no1)CC2. The van der Waals surface area contributed by atoms with Gasteiger partial charge in [-0.2, -0.15) is 15.2 Å². The maximum absolute atomic E-state index is 12.0. The first-order valence-electron chi connectivity index (χ1n) is 6.97. The monoisotopic (exact) mass is 299 g/mol. The largest absolute Gasteiger partial charge is 0.345 e. The number of aryl methyl sites for hydroxylation is 2. The molecule has 3 aromatic rings. The first-order valence-corrected chi connectivity index (χ1v) is 6.97. The van der Waals surface area contributed by atoms with E-state index in [0.29, 0.717) is 30.4 Å². The average molecular weight is 299 g/mol. The number of fused-ring (bicyclic) bond motifs is 1. The summed E-state index contributed by atoms with van der Waals surface area (Å²) in [4.78, 5) is 16.4. The van der Waals surface area contributed by atoms with E-state index in [-0.39, 0.29) is 11.6 Å². The van der Waals surface area contributed by atoms with Crippen LogP contribution in [-0.2, 0) is 20.0 Å². The molecule has 3 aromatic heterocycles. The first kappa shape index (κ1) is 12.9. The van der Waals surface area contributed by atoms with Crippen LogP contribution in [0.3, 0.4) is 0 Å². The molecule has 22 heavy (non-hydrogen) atoms. The minimum Gasteiger partial charge on any atom is -0.339 e. The van der Waals surface area contributed by atoms with Crippen LogP contribution >= 0.6 is 0 Å². The van der Waals surface area contributed by atoms with Crippen molar-refractivity contribution in [1.82, 2.24) is 34.7 Å². The lowest BCUT2D eigenvalue weighted by Crippen LogP contribution is -2.29. The summed E-state index contributed by atoms with van der Waals surface area (Å²) in [5, 5.41) is 15.9. The summed E-state index contributed by atoms with van der Waals surface area (Å²) in [5.74, 6) is 1.74. The molecular weight excluding hydrogens is 286 g/mol. The first-order chi connectivity index (χ1) is 10.7. The van der Waals surface area contributed by atoms with Crippen molar-refractivity contribution in [2.45, 2.75) is 25.3 Å². The van der Waals surface area contributed by atoms with Gasteiger partial charge in [0.2, 0.25) is 11.7 Å². The molecule has 0 spiro atoms. The quantitative estimate of drug-likeness (QED) is 0.663. The van der Waals surface area contributed by atoms with Gasteiger partial charge in [-0.25, -0.2) is 9.48 Å². The van der Waals surface area contributed by atoms with Gasteiger partial charge in [0.05, 0.1) is 5.92 Å². The Balaban J connectivity index is 1.63. The molecule has 0 unspecified atom stereocenters. The summed E-state index contributed by atoms with van der Waals surface area (Å²) in [6.07, 6.45) is 3.12. The summed E-state index contributed by atoms with van der Waals surface area (Å²) < 4.78 is 8.37. The molecule has 4 rings (SSSR count). The summed E-state index contributed by atoms with van der Waals surface area (Å²) in [7, 11) is 1.65. The van der Waals surface area contributed by atoms with Gasteiger partial charge in [0, 0.05) is 26.2 Å². The fourth-order valence-corrected chi connectivity index (χ4v) is 2.67. The maximum Gasteiger partial charge on any atom is 0.345 e. The van der Waals surface area contributed by atoms with Gasteiger partial charge in [-0.15, -0.1) is 5.10 Å². The molecule has 1 aliphatic rings. The van der Waals surface area contributed by atoms with E-state index in [1.807, 2.05) is 0 Å². The lowest BCUT2D eigenvalue weighted by Gasteiger charge is -2.18. The normalized spacial score (nSPS) is 17.4. The number of nitrogens with zero attached hydrogens (tertiary/aromatic N) is 7. The standard InChI is InChI=1S/C13H13N7O2/c1-19-13(21)20-7-8(4-5-10(20)17-19)12-15-11(18-22-12)9-3-2-6-14-16-9/h2-3,6,8H,4-5,7H2,1H3/t8-/m1/s1. The molecule has 0 aliphatic carbocycles. The van der Waals surface area contributed by atoms with E-state index in [9.17, 15) is 4.79 Å². The Labute approximate surface area is 124 Å². The minimum absolute atomic E-state index is 0.00678. The van der Waals surface area contributed by atoms with Gasteiger partial charge in [-0.05, 0) is 18.6 Å². The van der Waals surface area contributed by atoms with Crippen LogP contribution in [-0.4, -0.2) is 34.7 Å². The Morgan fingerprint density at radius 1 is 1.41 bits per heavy atom. The minimum atomic E-state index is -0.117. The Bertz CT molecular complexity index is 864. The molecule has 0 saturated carbocycles. The molecule has 0 N–H and O–H groups in total. The summed E-state index contributed by atoms with van der Waals surface area (Å²) in [5.41, 5.74) is 0.445. The van der Waals surface area contributed by atoms with Crippen molar-refractivity contribution in [2.75, 3.05) is 0 Å². The third kappa shape index (κ3) is 2.01. The van der Waals surface area contributed by atoms with Crippen LogP contribution in [0.4, 0.5) is 0 Å². The molecule has 4 heterocycles. The predicted octanol–water partition coefficient (Wildman–Crippen LogP) is 0.152. The summed E-state index contributed by atoms with van der Waals surface area (Å²) >= 11 is 0. The van der Waals surface area contributed by atoms with Crippen molar-refractivity contribution in [2.24, 2.45) is 7.05 Å². The molecule has 0 bridgehead atoms. The van der Waals surface area contributed by atoms with E-state index in [2.05, 4.69) is 25.4 Å². The molecular formula is C13H13N7O2. The fourth-order valence-electron chi connectivity index (χ4n) is 2.67. The van der Waals surface area contributed by atoms with Crippen molar-refractivity contribution in [3.8, 4) is 11.5 Å². The maximum atomic E-state index is 12.0. The lowest BCUT2D eigenvalue weighted by atomic mass is 9.99. The van der Waals surface area contributed by atoms with Crippen LogP contribution in [0.1, 0.15) is 24.1 Å². The Kier molecular flexibility index (Phi) is 2.84. The van der Waals surface area contributed by atoms with Gasteiger partial charge in [0.25, 0.3) is 0 Å². The number of rotatable bonds is 2. The van der Waals surface area contributed by atoms with Crippen molar-refractivity contribution >= 4 is 0 Å². The van der Waals surface area contributed by atoms with Crippen LogP contribution in [0.2, 0.25) is 0 Å². The second-order valence-electron chi connectivity index (χ2n) is 5.23. The molecule has 0 saturated heterocycles. The lowest BCUT2D eigenvalue weighted by molar-refractivity contribution is 0.314. The third-order valence-corrected chi connectivity index (χ3v) is 3.80. The smallest absolute Gasteiger partial charge is 0.339 e. The van der Waals surface area contributed by atoms with Gasteiger partial charge in [-0.3, -0.25) is 4.57 Å². The van der Waals surface area contributed by atoms with Crippen LogP contribution in [0.25, 0.3) is 11.5 Å². The number of hydrogen-bond donors (Lipinski definition) is 0. The molecule has 0 aromatic carbocycles. The Morgan fingerprint density at radius 2 is 2.32 bits per heavy atom. The molecule has 112 valence electrons. The zero-order valence-electron chi connectivity index (χ0n) is 11.9. The zero-order valence-corrected chi connectivity index (χ0v) is 11.9. The van der Waals surface area contributed by atoms with Crippen molar-refractivity contribution in [3.63, 3.8) is 0 Å². The molecule has 1 aliphatic heterocycles. The van der Waals surface area contributed by atoms with Crippen LogP contribution in [0, 0.1) is 0 Å². The molecule has 9 nitrogen and oxygen atoms in total. The van der Waals surface area contributed by atoms with Crippen LogP contribution < -0.4 is 5.69 Å². The summed E-state index contributed by atoms with van der Waals surface area (Å²) in [6.45, 7) is 0.504. The van der Waals surface area contributed by atoms with E-state index in [0.717, 1.165) is 12.2 Å². The van der Waals surface area contributed by atoms with Gasteiger partial charge < -0.3 is 4.52 Å². The Hall–Kier alpha value is -2.84. The second kappa shape index (κ2) is 4.86. The predicted molar refractivity (Wildman–Crippen MR) is 73.9 cm³/mol. The Morgan fingerprint density at radius 3 is 3.14 bits per heavy atom. The van der Waals surface area contributed by atoms with Crippen LogP contribution in [0.5, 0.6) is 0 Å². The third-order valence-electron chi connectivity index (χ3n) is 3.80. The second-order valence-corrected chi connectivity index (χ2v) is 5.23. The average Bonchev–Trinajstić information content (AvgIpc) is 3.14. The van der Waals surface area contributed by atoms with E-state index >= 15 is 0 Å². The van der Waals surface area contributed by atoms with Gasteiger partial charge in [-0.1, -0.05) is 5.16 Å². The highest BCUT2D eigenvalue weighted by molar-refractivity contribution is 5.46.